The molecular weight excluding hydrogens is 439 g/mol. The molecule has 0 radical (unpaired) electrons. The van der Waals surface area contributed by atoms with E-state index in [4.69, 9.17) is 9.88 Å². The molecule has 4 N–H and O–H groups in total. The highest BCUT2D eigenvalue weighted by molar-refractivity contribution is 7.89. The molecule has 0 saturated carbocycles. The van der Waals surface area contributed by atoms with Crippen molar-refractivity contribution >= 4 is 44.8 Å². The smallest absolute Gasteiger partial charge is 0.265 e. The average molecular weight is 458 g/mol. The number of carbonyl (C=O) groups is 1. The molecule has 0 saturated heterocycles. The van der Waals surface area contributed by atoms with Gasteiger partial charge in [0.05, 0.1) is 16.8 Å². The van der Waals surface area contributed by atoms with Crippen LogP contribution in [-0.4, -0.2) is 37.4 Å². The maximum absolute atomic E-state index is 14.3. The molecule has 12 heteroatoms. The average Bonchev–Trinajstić information content (AvgIpc) is 2.76. The van der Waals surface area contributed by atoms with Gasteiger partial charge in [-0.25, -0.2) is 22.9 Å². The Labute approximate surface area is 183 Å². The van der Waals surface area contributed by atoms with E-state index in [2.05, 4.69) is 20.6 Å². The van der Waals surface area contributed by atoms with Crippen LogP contribution in [0.25, 0.3) is 0 Å². The summed E-state index contributed by atoms with van der Waals surface area (Å²) in [6, 6.07) is 10.7. The number of sulfonamides is 1. The number of fused-ring (bicyclic) bond motifs is 1. The summed E-state index contributed by atoms with van der Waals surface area (Å²) in [5, 5.41) is 10.8. The Morgan fingerprint density at radius 2 is 1.88 bits per heavy atom. The molecule has 2 heterocycles. The summed E-state index contributed by atoms with van der Waals surface area (Å²) in [4.78, 5) is 21.6. The molecule has 1 aliphatic rings. The molecule has 166 valence electrons. The van der Waals surface area contributed by atoms with E-state index in [1.54, 1.807) is 23.1 Å². The maximum Gasteiger partial charge on any atom is 0.265 e. The monoisotopic (exact) mass is 458 g/mol. The van der Waals surface area contributed by atoms with Gasteiger partial charge in [-0.2, -0.15) is 4.98 Å². The third-order valence-electron chi connectivity index (χ3n) is 4.66. The van der Waals surface area contributed by atoms with E-state index in [0.29, 0.717) is 29.4 Å². The first-order valence-electron chi connectivity index (χ1n) is 9.51. The van der Waals surface area contributed by atoms with Gasteiger partial charge < -0.3 is 20.3 Å². The molecule has 1 aliphatic heterocycles. The number of amides is 1. The van der Waals surface area contributed by atoms with Crippen LogP contribution < -0.4 is 25.4 Å². The van der Waals surface area contributed by atoms with Gasteiger partial charge in [-0.05, 0) is 49.4 Å². The van der Waals surface area contributed by atoms with Gasteiger partial charge in [-0.1, -0.05) is 0 Å². The van der Waals surface area contributed by atoms with E-state index in [9.17, 15) is 17.6 Å². The Morgan fingerprint density at radius 1 is 1.16 bits per heavy atom. The number of primary sulfonamides is 1. The van der Waals surface area contributed by atoms with Crippen molar-refractivity contribution in [3.8, 4) is 5.75 Å². The SMILES string of the molecule is CCN1C(=O)COc2ccc(Nc3nc(Nc4ccc(S(N)(=O)=O)cc4)ncc3F)cc21. The number of ether oxygens (including phenoxy) is 1. The Morgan fingerprint density at radius 3 is 2.56 bits per heavy atom. The van der Waals surface area contributed by atoms with Gasteiger partial charge in [0.15, 0.2) is 18.2 Å². The molecule has 1 aromatic heterocycles. The molecule has 0 spiro atoms. The fraction of sp³-hybridized carbons (Fsp3) is 0.150. The fourth-order valence-electron chi connectivity index (χ4n) is 3.14. The fourth-order valence-corrected chi connectivity index (χ4v) is 3.65. The number of carbonyl (C=O) groups excluding carboxylic acids is 1. The van der Waals surface area contributed by atoms with Crippen LogP contribution in [0.15, 0.2) is 53.6 Å². The number of benzene rings is 2. The highest BCUT2D eigenvalue weighted by Gasteiger charge is 2.24. The van der Waals surface area contributed by atoms with Gasteiger partial charge in [-0.3, -0.25) is 4.79 Å². The summed E-state index contributed by atoms with van der Waals surface area (Å²) < 4.78 is 42.5. The van der Waals surface area contributed by atoms with Crippen molar-refractivity contribution in [3.63, 3.8) is 0 Å². The summed E-state index contributed by atoms with van der Waals surface area (Å²) in [5.74, 6) is -0.285. The van der Waals surface area contributed by atoms with Crippen molar-refractivity contribution in [2.24, 2.45) is 5.14 Å². The summed E-state index contributed by atoms with van der Waals surface area (Å²) in [5.41, 5.74) is 1.57. The van der Waals surface area contributed by atoms with Gasteiger partial charge in [0, 0.05) is 17.9 Å². The number of rotatable bonds is 6. The van der Waals surface area contributed by atoms with Crippen LogP contribution in [0.4, 0.5) is 33.2 Å². The lowest BCUT2D eigenvalue weighted by molar-refractivity contribution is -0.121. The van der Waals surface area contributed by atoms with Crippen LogP contribution in [0.1, 0.15) is 6.92 Å². The van der Waals surface area contributed by atoms with E-state index >= 15 is 0 Å². The topological polar surface area (TPSA) is 140 Å². The number of likely N-dealkylation sites (N-methyl/N-ethyl adjacent to an activating group) is 1. The third kappa shape index (κ3) is 4.45. The minimum Gasteiger partial charge on any atom is -0.482 e. The first-order chi connectivity index (χ1) is 15.2. The zero-order valence-electron chi connectivity index (χ0n) is 16.9. The Hall–Kier alpha value is -3.77. The minimum atomic E-state index is -3.81. The highest BCUT2D eigenvalue weighted by atomic mass is 32.2. The largest absolute Gasteiger partial charge is 0.482 e. The molecule has 32 heavy (non-hydrogen) atoms. The standard InChI is InChI=1S/C20H19FN6O4S/c1-2-27-16-9-13(5-8-17(16)31-11-18(27)28)24-19-15(21)10-23-20(26-19)25-12-3-6-14(7-4-12)32(22,29)30/h3-10H,2,11H2,1H3,(H2,22,29,30)(H2,23,24,25,26). The zero-order valence-corrected chi connectivity index (χ0v) is 17.7. The van der Waals surface area contributed by atoms with Crippen LogP contribution in [0.5, 0.6) is 5.75 Å². The summed E-state index contributed by atoms with van der Waals surface area (Å²) in [6.07, 6.45) is 1.000. The summed E-state index contributed by atoms with van der Waals surface area (Å²) in [6.45, 7) is 2.30. The van der Waals surface area contributed by atoms with Crippen molar-refractivity contribution in [2.75, 3.05) is 28.7 Å². The molecule has 4 rings (SSSR count). The van der Waals surface area contributed by atoms with Crippen molar-refractivity contribution in [3.05, 3.63) is 54.5 Å². The number of nitrogens with zero attached hydrogens (tertiary/aromatic N) is 3. The van der Waals surface area contributed by atoms with Crippen molar-refractivity contribution in [1.29, 1.82) is 0 Å². The Kier molecular flexibility index (Phi) is 5.63. The number of nitrogens with two attached hydrogens (primary N) is 1. The van der Waals surface area contributed by atoms with E-state index in [0.717, 1.165) is 6.20 Å². The third-order valence-corrected chi connectivity index (χ3v) is 5.59. The lowest BCUT2D eigenvalue weighted by Crippen LogP contribution is -2.38. The molecule has 0 atom stereocenters. The van der Waals surface area contributed by atoms with Crippen LogP contribution in [-0.2, 0) is 14.8 Å². The number of nitrogens with one attached hydrogen (secondary N) is 2. The van der Waals surface area contributed by atoms with Crippen LogP contribution in [0.3, 0.4) is 0 Å². The molecule has 2 aromatic carbocycles. The lowest BCUT2D eigenvalue weighted by Gasteiger charge is -2.28. The normalized spacial score (nSPS) is 13.3. The molecule has 1 amide bonds. The second-order valence-corrected chi connectivity index (χ2v) is 8.38. The number of anilines is 5. The predicted octanol–water partition coefficient (Wildman–Crippen LogP) is 2.50. The molecule has 0 fully saturated rings. The Balaban J connectivity index is 1.56. The predicted molar refractivity (Wildman–Crippen MR) is 116 cm³/mol. The van der Waals surface area contributed by atoms with Gasteiger partial charge in [0.2, 0.25) is 16.0 Å². The molecule has 10 nitrogen and oxygen atoms in total. The van der Waals surface area contributed by atoms with E-state index < -0.39 is 15.8 Å². The van der Waals surface area contributed by atoms with Crippen molar-refractivity contribution < 1.29 is 22.3 Å². The van der Waals surface area contributed by atoms with Crippen molar-refractivity contribution in [1.82, 2.24) is 9.97 Å². The minimum absolute atomic E-state index is 0.0264. The number of halogens is 1. The van der Waals surface area contributed by atoms with Gasteiger partial charge in [0.25, 0.3) is 5.91 Å². The van der Waals surface area contributed by atoms with E-state index in [-0.39, 0.29) is 29.2 Å². The quantitative estimate of drug-likeness (QED) is 0.512. The number of aromatic nitrogens is 2. The Bertz CT molecular complexity index is 1280. The van der Waals surface area contributed by atoms with Gasteiger partial charge >= 0.3 is 0 Å². The van der Waals surface area contributed by atoms with Gasteiger partial charge in [-0.15, -0.1) is 0 Å². The molecule has 0 aliphatic carbocycles. The molecule has 3 aromatic rings. The molecule has 0 bridgehead atoms. The highest BCUT2D eigenvalue weighted by Crippen LogP contribution is 2.35. The number of hydrogen-bond acceptors (Lipinski definition) is 8. The second kappa shape index (κ2) is 8.40. The van der Waals surface area contributed by atoms with Gasteiger partial charge in [0.1, 0.15) is 5.75 Å². The zero-order chi connectivity index (χ0) is 22.9. The first-order valence-corrected chi connectivity index (χ1v) is 11.1. The molecular formula is C20H19FN6O4S. The summed E-state index contributed by atoms with van der Waals surface area (Å²) in [7, 11) is -3.81. The van der Waals surface area contributed by atoms with Crippen molar-refractivity contribution in [2.45, 2.75) is 11.8 Å². The first kappa shape index (κ1) is 21.5. The van der Waals surface area contributed by atoms with Crippen LogP contribution in [0, 0.1) is 5.82 Å². The second-order valence-electron chi connectivity index (χ2n) is 6.82. The van der Waals surface area contributed by atoms with E-state index in [1.807, 2.05) is 6.92 Å². The number of hydrogen-bond donors (Lipinski definition) is 3. The maximum atomic E-state index is 14.3. The van der Waals surface area contributed by atoms with Crippen LogP contribution in [0.2, 0.25) is 0 Å². The van der Waals surface area contributed by atoms with Crippen LogP contribution >= 0.6 is 0 Å². The molecule has 0 unspecified atom stereocenters. The van der Waals surface area contributed by atoms with E-state index in [1.165, 1.54) is 24.3 Å². The summed E-state index contributed by atoms with van der Waals surface area (Å²) >= 11 is 0. The lowest BCUT2D eigenvalue weighted by atomic mass is 10.2.